The van der Waals surface area contributed by atoms with Crippen molar-refractivity contribution in [3.8, 4) is 0 Å². The number of aliphatic hydroxyl groups is 1. The van der Waals surface area contributed by atoms with Crippen LogP contribution in [0.1, 0.15) is 85.5 Å². The van der Waals surface area contributed by atoms with Gasteiger partial charge in [0.25, 0.3) is 0 Å². The molecule has 0 aliphatic rings. The largest absolute Gasteiger partial charge is 0.390 e. The molecule has 0 aromatic rings. The molecule has 1 heteroatoms. The Hall–Kier alpha value is -0.0400. The van der Waals surface area contributed by atoms with Gasteiger partial charge in [0.1, 0.15) is 0 Å². The van der Waals surface area contributed by atoms with E-state index in [1.807, 2.05) is 13.8 Å². The maximum Gasteiger partial charge on any atom is 0.0617 e. The molecule has 0 amide bonds. The van der Waals surface area contributed by atoms with Gasteiger partial charge in [-0.05, 0) is 26.2 Å². The van der Waals surface area contributed by atoms with Gasteiger partial charge in [0.15, 0.2) is 0 Å². The third-order valence-electron chi connectivity index (χ3n) is 3.70. The molecule has 0 rings (SSSR count). The van der Waals surface area contributed by atoms with Gasteiger partial charge in [0.05, 0.1) is 5.60 Å². The van der Waals surface area contributed by atoms with E-state index < -0.39 is 5.60 Å². The summed E-state index contributed by atoms with van der Waals surface area (Å²) in [5.41, 5.74) is -0.499. The minimum Gasteiger partial charge on any atom is -0.390 e. The molecule has 98 valence electrons. The zero-order valence-corrected chi connectivity index (χ0v) is 11.9. The van der Waals surface area contributed by atoms with Crippen LogP contribution in [0.15, 0.2) is 0 Å². The average Bonchev–Trinajstić information content (AvgIpc) is 2.20. The summed E-state index contributed by atoms with van der Waals surface area (Å²) in [6.07, 6.45) is 12.1. The lowest BCUT2D eigenvalue weighted by atomic mass is 9.88. The summed E-state index contributed by atoms with van der Waals surface area (Å²) in [4.78, 5) is 0. The van der Waals surface area contributed by atoms with Crippen LogP contribution >= 0.6 is 0 Å². The Labute approximate surface area is 103 Å². The second-order valence-corrected chi connectivity index (χ2v) is 5.82. The van der Waals surface area contributed by atoms with Crippen LogP contribution in [0.2, 0.25) is 0 Å². The first-order valence-electron chi connectivity index (χ1n) is 7.20. The molecule has 0 aromatic carbocycles. The van der Waals surface area contributed by atoms with Crippen molar-refractivity contribution in [3.63, 3.8) is 0 Å². The second kappa shape index (κ2) is 9.04. The van der Waals surface area contributed by atoms with Crippen LogP contribution in [0.4, 0.5) is 0 Å². The Morgan fingerprint density at radius 3 is 1.75 bits per heavy atom. The molecule has 0 aromatic heterocycles. The van der Waals surface area contributed by atoms with E-state index in [1.54, 1.807) is 0 Å². The van der Waals surface area contributed by atoms with Crippen LogP contribution in [0, 0.1) is 5.92 Å². The lowest BCUT2D eigenvalue weighted by Crippen LogP contribution is -2.28. The highest BCUT2D eigenvalue weighted by Gasteiger charge is 2.21. The van der Waals surface area contributed by atoms with Gasteiger partial charge < -0.3 is 5.11 Å². The Kier molecular flexibility index (Phi) is 9.02. The zero-order chi connectivity index (χ0) is 12.4. The summed E-state index contributed by atoms with van der Waals surface area (Å²) >= 11 is 0. The molecule has 1 nitrogen and oxygen atoms in total. The summed E-state index contributed by atoms with van der Waals surface area (Å²) in [5, 5.41) is 9.79. The van der Waals surface area contributed by atoms with Crippen molar-refractivity contribution < 1.29 is 5.11 Å². The summed E-state index contributed by atoms with van der Waals surface area (Å²) in [6, 6.07) is 0. The van der Waals surface area contributed by atoms with Gasteiger partial charge in [-0.1, -0.05) is 65.2 Å². The molecule has 0 saturated carbocycles. The van der Waals surface area contributed by atoms with E-state index in [9.17, 15) is 5.11 Å². The number of rotatable bonds is 10. The number of unbranched alkanes of at least 4 members (excludes halogenated alkanes) is 7. The molecule has 0 fully saturated rings. The molecule has 0 heterocycles. The predicted octanol–water partition coefficient (Wildman–Crippen LogP) is 4.92. The molecular weight excluding hydrogens is 196 g/mol. The molecule has 0 saturated heterocycles. The minimum absolute atomic E-state index is 0.424. The van der Waals surface area contributed by atoms with Crippen LogP contribution in [-0.4, -0.2) is 10.7 Å². The molecule has 0 aliphatic carbocycles. The van der Waals surface area contributed by atoms with Gasteiger partial charge in [-0.3, -0.25) is 0 Å². The topological polar surface area (TPSA) is 20.2 Å². The molecule has 0 spiro atoms. The Balaban J connectivity index is 3.21. The molecular formula is C15H32O. The summed E-state index contributed by atoms with van der Waals surface area (Å²) < 4.78 is 0. The fourth-order valence-electron chi connectivity index (χ4n) is 1.94. The third-order valence-corrected chi connectivity index (χ3v) is 3.70. The molecule has 1 atom stereocenters. The van der Waals surface area contributed by atoms with Crippen molar-refractivity contribution in [2.24, 2.45) is 5.92 Å². The summed E-state index contributed by atoms with van der Waals surface area (Å²) in [7, 11) is 0. The van der Waals surface area contributed by atoms with E-state index in [-0.39, 0.29) is 0 Å². The fraction of sp³-hybridized carbons (Fsp3) is 1.00. The quantitative estimate of drug-likeness (QED) is 0.526. The molecule has 1 unspecified atom stereocenters. The highest BCUT2D eigenvalue weighted by Crippen LogP contribution is 2.22. The first-order valence-corrected chi connectivity index (χ1v) is 7.20. The molecule has 16 heavy (non-hydrogen) atoms. The Morgan fingerprint density at radius 1 is 0.875 bits per heavy atom. The maximum atomic E-state index is 9.79. The third kappa shape index (κ3) is 9.21. The lowest BCUT2D eigenvalue weighted by molar-refractivity contribution is 0.0203. The van der Waals surface area contributed by atoms with E-state index in [2.05, 4.69) is 13.8 Å². The Bertz CT molecular complexity index is 146. The van der Waals surface area contributed by atoms with E-state index in [0.717, 1.165) is 0 Å². The smallest absolute Gasteiger partial charge is 0.0617 e. The van der Waals surface area contributed by atoms with Gasteiger partial charge in [-0.2, -0.15) is 0 Å². The van der Waals surface area contributed by atoms with Crippen LogP contribution in [0.3, 0.4) is 0 Å². The van der Waals surface area contributed by atoms with E-state index in [4.69, 9.17) is 0 Å². The molecule has 0 bridgehead atoms. The van der Waals surface area contributed by atoms with Gasteiger partial charge in [0, 0.05) is 0 Å². The van der Waals surface area contributed by atoms with E-state index in [0.29, 0.717) is 5.92 Å². The van der Waals surface area contributed by atoms with Crippen LogP contribution in [-0.2, 0) is 0 Å². The van der Waals surface area contributed by atoms with Crippen molar-refractivity contribution in [2.75, 3.05) is 0 Å². The monoisotopic (exact) mass is 228 g/mol. The highest BCUT2D eigenvalue weighted by molar-refractivity contribution is 4.72. The van der Waals surface area contributed by atoms with Crippen LogP contribution in [0.5, 0.6) is 0 Å². The van der Waals surface area contributed by atoms with Gasteiger partial charge in [0.2, 0.25) is 0 Å². The first kappa shape index (κ1) is 16.0. The predicted molar refractivity (Wildman–Crippen MR) is 72.7 cm³/mol. The zero-order valence-electron chi connectivity index (χ0n) is 11.9. The summed E-state index contributed by atoms with van der Waals surface area (Å²) in [6.45, 7) is 8.25. The lowest BCUT2D eigenvalue weighted by Gasteiger charge is -2.25. The molecule has 0 aliphatic heterocycles. The van der Waals surface area contributed by atoms with Crippen LogP contribution in [0.25, 0.3) is 0 Å². The summed E-state index contributed by atoms with van der Waals surface area (Å²) in [5.74, 6) is 0.424. The van der Waals surface area contributed by atoms with Crippen molar-refractivity contribution in [1.82, 2.24) is 0 Å². The van der Waals surface area contributed by atoms with Crippen molar-refractivity contribution in [1.29, 1.82) is 0 Å². The van der Waals surface area contributed by atoms with Crippen molar-refractivity contribution in [3.05, 3.63) is 0 Å². The van der Waals surface area contributed by atoms with Crippen molar-refractivity contribution >= 4 is 0 Å². The molecule has 1 N–H and O–H groups in total. The average molecular weight is 228 g/mol. The normalized spacial score (nSPS) is 14.1. The highest BCUT2D eigenvalue weighted by atomic mass is 16.3. The van der Waals surface area contributed by atoms with Gasteiger partial charge >= 0.3 is 0 Å². The SMILES string of the molecule is CCCCCCCCCCC(C)C(C)(C)O. The standard InChI is InChI=1S/C15H32O/c1-5-6-7-8-9-10-11-12-13-14(2)15(3,4)16/h14,16H,5-13H2,1-4H3. The Morgan fingerprint density at radius 2 is 1.31 bits per heavy atom. The number of hydrogen-bond acceptors (Lipinski definition) is 1. The maximum absolute atomic E-state index is 9.79. The molecule has 0 radical (unpaired) electrons. The fourth-order valence-corrected chi connectivity index (χ4v) is 1.94. The minimum atomic E-state index is -0.499. The van der Waals surface area contributed by atoms with E-state index in [1.165, 1.54) is 57.8 Å². The van der Waals surface area contributed by atoms with E-state index >= 15 is 0 Å². The van der Waals surface area contributed by atoms with Gasteiger partial charge in [-0.25, -0.2) is 0 Å². The second-order valence-electron chi connectivity index (χ2n) is 5.82. The first-order chi connectivity index (χ1) is 7.48. The van der Waals surface area contributed by atoms with Crippen LogP contribution < -0.4 is 0 Å². The van der Waals surface area contributed by atoms with Crippen molar-refractivity contribution in [2.45, 2.75) is 91.1 Å². The van der Waals surface area contributed by atoms with Gasteiger partial charge in [-0.15, -0.1) is 0 Å². The number of hydrogen-bond donors (Lipinski definition) is 1.